The second-order valence-corrected chi connectivity index (χ2v) is 4.69. The van der Waals surface area contributed by atoms with Crippen molar-refractivity contribution in [2.75, 3.05) is 0 Å². The molecule has 0 atom stereocenters. The van der Waals surface area contributed by atoms with Crippen LogP contribution in [0.15, 0.2) is 53.5 Å². The minimum absolute atomic E-state index is 0.0375. The van der Waals surface area contributed by atoms with Crippen LogP contribution in [0.2, 0.25) is 0 Å². The first-order chi connectivity index (χ1) is 9.66. The Labute approximate surface area is 117 Å². The molecule has 2 aromatic rings. The van der Waals surface area contributed by atoms with Gasteiger partial charge in [0.15, 0.2) is 0 Å². The molecule has 0 aliphatic rings. The second kappa shape index (κ2) is 6.70. The average Bonchev–Trinajstić information content (AvgIpc) is 2.46. The number of carboxylic acid groups (broad SMARTS) is 1. The monoisotopic (exact) mass is 271 g/mol. The molecule has 4 nitrogen and oxygen atoms in total. The van der Waals surface area contributed by atoms with Crippen molar-refractivity contribution < 1.29 is 9.90 Å². The van der Waals surface area contributed by atoms with Gasteiger partial charge in [-0.25, -0.2) is 4.79 Å². The van der Waals surface area contributed by atoms with Gasteiger partial charge in [0, 0.05) is 18.8 Å². The zero-order chi connectivity index (χ0) is 14.4. The van der Waals surface area contributed by atoms with Gasteiger partial charge in [-0.15, -0.1) is 0 Å². The lowest BCUT2D eigenvalue weighted by molar-refractivity contribution is 0.0696. The fourth-order valence-corrected chi connectivity index (χ4v) is 2.08. The zero-order valence-electron chi connectivity index (χ0n) is 11.2. The summed E-state index contributed by atoms with van der Waals surface area (Å²) in [6.07, 6.45) is 4.43. The molecular formula is C16H17NO3. The van der Waals surface area contributed by atoms with Gasteiger partial charge in [0.05, 0.1) is 5.56 Å². The Balaban J connectivity index is 1.85. The van der Waals surface area contributed by atoms with Gasteiger partial charge in [0.1, 0.15) is 0 Å². The van der Waals surface area contributed by atoms with Gasteiger partial charge in [-0.05, 0) is 30.9 Å². The Kier molecular flexibility index (Phi) is 4.71. The lowest BCUT2D eigenvalue weighted by atomic mass is 10.1. The molecule has 104 valence electrons. The maximum absolute atomic E-state index is 11.7. The van der Waals surface area contributed by atoms with Crippen LogP contribution in [0.4, 0.5) is 0 Å². The first-order valence-corrected chi connectivity index (χ1v) is 6.64. The Morgan fingerprint density at radius 3 is 2.50 bits per heavy atom. The summed E-state index contributed by atoms with van der Waals surface area (Å²) in [6.45, 7) is 0.617. The van der Waals surface area contributed by atoms with Crippen LogP contribution in [0.3, 0.4) is 0 Å². The van der Waals surface area contributed by atoms with E-state index in [1.807, 2.05) is 18.2 Å². The zero-order valence-corrected chi connectivity index (χ0v) is 11.2. The highest BCUT2D eigenvalue weighted by Gasteiger charge is 2.04. The lowest BCUT2D eigenvalue weighted by Gasteiger charge is -2.06. The van der Waals surface area contributed by atoms with Gasteiger partial charge in [-0.3, -0.25) is 4.79 Å². The van der Waals surface area contributed by atoms with Crippen LogP contribution >= 0.6 is 0 Å². The SMILES string of the molecule is O=C(O)c1ccn(CCCCc2ccccc2)c(=O)c1. The number of benzene rings is 1. The third-order valence-corrected chi connectivity index (χ3v) is 3.20. The van der Waals surface area contributed by atoms with E-state index in [1.165, 1.54) is 17.7 Å². The predicted octanol–water partition coefficient (Wildman–Crippen LogP) is 2.57. The molecule has 2 rings (SSSR count). The van der Waals surface area contributed by atoms with E-state index in [0.717, 1.165) is 19.3 Å². The average molecular weight is 271 g/mol. The number of rotatable bonds is 6. The number of aromatic carboxylic acids is 1. The molecule has 1 heterocycles. The molecule has 0 aliphatic heterocycles. The van der Waals surface area contributed by atoms with Gasteiger partial charge in [0.2, 0.25) is 0 Å². The van der Waals surface area contributed by atoms with Crippen LogP contribution in [-0.4, -0.2) is 15.6 Å². The minimum atomic E-state index is -1.07. The summed E-state index contributed by atoms with van der Waals surface area (Å²) in [7, 11) is 0. The van der Waals surface area contributed by atoms with E-state index in [4.69, 9.17) is 5.11 Å². The summed E-state index contributed by atoms with van der Waals surface area (Å²) in [4.78, 5) is 22.4. The van der Waals surface area contributed by atoms with E-state index in [9.17, 15) is 9.59 Å². The number of carboxylic acids is 1. The normalized spacial score (nSPS) is 10.4. The molecule has 0 unspecified atom stereocenters. The molecule has 0 saturated carbocycles. The topological polar surface area (TPSA) is 59.3 Å². The van der Waals surface area contributed by atoms with E-state index in [-0.39, 0.29) is 11.1 Å². The van der Waals surface area contributed by atoms with Crippen molar-refractivity contribution in [3.8, 4) is 0 Å². The van der Waals surface area contributed by atoms with Crippen molar-refractivity contribution >= 4 is 5.97 Å². The fourth-order valence-electron chi connectivity index (χ4n) is 2.08. The molecule has 1 aromatic carbocycles. The van der Waals surface area contributed by atoms with Crippen molar-refractivity contribution in [2.24, 2.45) is 0 Å². The molecule has 1 N–H and O–H groups in total. The summed E-state index contributed by atoms with van der Waals surface area (Å²) in [5.74, 6) is -1.07. The molecule has 0 aliphatic carbocycles. The maximum atomic E-state index is 11.7. The van der Waals surface area contributed by atoms with Crippen molar-refractivity contribution in [1.82, 2.24) is 4.57 Å². The van der Waals surface area contributed by atoms with E-state index in [0.29, 0.717) is 6.54 Å². The smallest absolute Gasteiger partial charge is 0.335 e. The van der Waals surface area contributed by atoms with Gasteiger partial charge in [-0.2, -0.15) is 0 Å². The Morgan fingerprint density at radius 2 is 1.85 bits per heavy atom. The van der Waals surface area contributed by atoms with Crippen molar-refractivity contribution in [3.05, 3.63) is 70.1 Å². The van der Waals surface area contributed by atoms with Crippen molar-refractivity contribution in [1.29, 1.82) is 0 Å². The van der Waals surface area contributed by atoms with E-state index in [1.54, 1.807) is 10.8 Å². The number of aryl methyl sites for hydroxylation is 2. The number of unbranched alkanes of at least 4 members (excludes halogenated alkanes) is 1. The third-order valence-electron chi connectivity index (χ3n) is 3.20. The highest BCUT2D eigenvalue weighted by Crippen LogP contribution is 2.05. The standard InChI is InChI=1S/C16H17NO3/c18-15-12-14(16(19)20)9-11-17(15)10-5-4-8-13-6-2-1-3-7-13/h1-3,6-7,9,11-12H,4-5,8,10H2,(H,19,20). The summed E-state index contributed by atoms with van der Waals surface area (Å²) >= 11 is 0. The predicted molar refractivity (Wildman–Crippen MR) is 77.0 cm³/mol. The molecule has 4 heteroatoms. The van der Waals surface area contributed by atoms with E-state index < -0.39 is 5.97 Å². The minimum Gasteiger partial charge on any atom is -0.478 e. The molecule has 20 heavy (non-hydrogen) atoms. The number of pyridine rings is 1. The van der Waals surface area contributed by atoms with Crippen LogP contribution < -0.4 is 5.56 Å². The van der Waals surface area contributed by atoms with Crippen molar-refractivity contribution in [2.45, 2.75) is 25.8 Å². The number of nitrogens with zero attached hydrogens (tertiary/aromatic N) is 1. The first kappa shape index (κ1) is 14.1. The molecule has 0 radical (unpaired) electrons. The van der Waals surface area contributed by atoms with Crippen molar-refractivity contribution in [3.63, 3.8) is 0 Å². The third kappa shape index (κ3) is 3.82. The Morgan fingerprint density at radius 1 is 1.10 bits per heavy atom. The lowest BCUT2D eigenvalue weighted by Crippen LogP contribution is -2.20. The van der Waals surface area contributed by atoms with E-state index in [2.05, 4.69) is 12.1 Å². The number of carbonyl (C=O) groups is 1. The largest absolute Gasteiger partial charge is 0.478 e. The highest BCUT2D eigenvalue weighted by molar-refractivity contribution is 5.87. The first-order valence-electron chi connectivity index (χ1n) is 6.64. The second-order valence-electron chi connectivity index (χ2n) is 4.69. The molecule has 1 aromatic heterocycles. The summed E-state index contributed by atoms with van der Waals surface area (Å²) < 4.78 is 1.55. The fraction of sp³-hybridized carbons (Fsp3) is 0.250. The quantitative estimate of drug-likeness (QED) is 0.821. The summed E-state index contributed by atoms with van der Waals surface area (Å²) in [5.41, 5.74) is 1.07. The van der Waals surface area contributed by atoms with Crippen LogP contribution in [0.25, 0.3) is 0 Å². The highest BCUT2D eigenvalue weighted by atomic mass is 16.4. The van der Waals surface area contributed by atoms with Gasteiger partial charge < -0.3 is 9.67 Å². The number of hydrogen-bond donors (Lipinski definition) is 1. The van der Waals surface area contributed by atoms with Crippen LogP contribution in [-0.2, 0) is 13.0 Å². The van der Waals surface area contributed by atoms with Crippen LogP contribution in [0.5, 0.6) is 0 Å². The molecule has 0 amide bonds. The summed E-state index contributed by atoms with van der Waals surface area (Å²) in [5, 5.41) is 8.79. The molecular weight excluding hydrogens is 254 g/mol. The van der Waals surface area contributed by atoms with Gasteiger partial charge in [0.25, 0.3) is 5.56 Å². The van der Waals surface area contributed by atoms with Gasteiger partial charge >= 0.3 is 5.97 Å². The van der Waals surface area contributed by atoms with Crippen LogP contribution in [0, 0.1) is 0 Å². The number of hydrogen-bond acceptors (Lipinski definition) is 2. The number of aromatic nitrogens is 1. The maximum Gasteiger partial charge on any atom is 0.335 e. The Hall–Kier alpha value is -2.36. The molecule has 0 bridgehead atoms. The summed E-state index contributed by atoms with van der Waals surface area (Å²) in [6, 6.07) is 12.8. The van der Waals surface area contributed by atoms with Crippen LogP contribution in [0.1, 0.15) is 28.8 Å². The van der Waals surface area contributed by atoms with E-state index >= 15 is 0 Å². The Bertz CT molecular complexity index is 632. The van der Waals surface area contributed by atoms with Gasteiger partial charge in [-0.1, -0.05) is 30.3 Å². The molecule has 0 fully saturated rings. The molecule has 0 spiro atoms. The molecule has 0 saturated heterocycles.